The molecule has 1 N–H and O–H groups in total. The Hall–Kier alpha value is -2.00. The fourth-order valence-corrected chi connectivity index (χ4v) is 3.38. The van der Waals surface area contributed by atoms with Gasteiger partial charge in [-0.25, -0.2) is 4.98 Å². The number of aromatic nitrogens is 3. The molecule has 23 heavy (non-hydrogen) atoms. The van der Waals surface area contributed by atoms with Gasteiger partial charge in [0.1, 0.15) is 17.6 Å². The number of thiazole rings is 1. The van der Waals surface area contributed by atoms with Gasteiger partial charge >= 0.3 is 0 Å². The zero-order valence-corrected chi connectivity index (χ0v) is 13.9. The molecule has 1 aliphatic rings. The van der Waals surface area contributed by atoms with Crippen LogP contribution in [0.25, 0.3) is 10.3 Å². The zero-order valence-electron chi connectivity index (χ0n) is 13.1. The molecule has 2 aromatic rings. The molecular weight excluding hydrogens is 318 g/mol. The van der Waals surface area contributed by atoms with Crippen LogP contribution in [-0.4, -0.2) is 52.8 Å². The van der Waals surface area contributed by atoms with E-state index in [1.54, 1.807) is 0 Å². The van der Waals surface area contributed by atoms with E-state index in [0.717, 1.165) is 18.2 Å². The minimum absolute atomic E-state index is 0.0335. The molecule has 0 aliphatic carbocycles. The molecule has 0 radical (unpaired) electrons. The topological polar surface area (TPSA) is 89.3 Å². The highest BCUT2D eigenvalue weighted by Gasteiger charge is 2.18. The Labute approximate surface area is 137 Å². The molecule has 3 rings (SSSR count). The Balaban J connectivity index is 1.86. The van der Waals surface area contributed by atoms with E-state index in [4.69, 9.17) is 4.74 Å². The second kappa shape index (κ2) is 6.63. The minimum atomic E-state index is -0.231. The van der Waals surface area contributed by atoms with Crippen molar-refractivity contribution < 1.29 is 9.53 Å². The summed E-state index contributed by atoms with van der Waals surface area (Å²) >= 11 is 1.32. The second-order valence-electron chi connectivity index (χ2n) is 5.65. The number of amides is 1. The van der Waals surface area contributed by atoms with Crippen LogP contribution in [0, 0.1) is 0 Å². The van der Waals surface area contributed by atoms with Gasteiger partial charge in [-0.2, -0.15) is 4.98 Å². The van der Waals surface area contributed by atoms with Crippen molar-refractivity contribution in [3.8, 4) is 0 Å². The van der Waals surface area contributed by atoms with Crippen LogP contribution in [0.1, 0.15) is 13.8 Å². The third kappa shape index (κ3) is 3.50. The van der Waals surface area contributed by atoms with Gasteiger partial charge in [0, 0.05) is 19.1 Å². The largest absolute Gasteiger partial charge is 0.378 e. The van der Waals surface area contributed by atoms with Crippen LogP contribution in [0.5, 0.6) is 0 Å². The van der Waals surface area contributed by atoms with Gasteiger partial charge in [-0.3, -0.25) is 14.2 Å². The van der Waals surface area contributed by atoms with Crippen molar-refractivity contribution in [2.45, 2.75) is 26.4 Å². The predicted molar refractivity (Wildman–Crippen MR) is 88.0 cm³/mol. The molecule has 1 fully saturated rings. The summed E-state index contributed by atoms with van der Waals surface area (Å²) < 4.78 is 7.12. The van der Waals surface area contributed by atoms with Crippen molar-refractivity contribution >= 4 is 32.7 Å². The summed E-state index contributed by atoms with van der Waals surface area (Å²) in [6.07, 6.45) is 1.38. The number of nitrogens with one attached hydrogen (secondary N) is 1. The quantitative estimate of drug-likeness (QED) is 0.858. The van der Waals surface area contributed by atoms with Crippen molar-refractivity contribution in [3.63, 3.8) is 0 Å². The Bertz CT molecular complexity index is 763. The molecule has 3 heterocycles. The Morgan fingerprint density at radius 1 is 1.43 bits per heavy atom. The van der Waals surface area contributed by atoms with Gasteiger partial charge in [0.2, 0.25) is 5.91 Å². The highest BCUT2D eigenvalue weighted by atomic mass is 32.1. The van der Waals surface area contributed by atoms with Gasteiger partial charge in [-0.15, -0.1) is 0 Å². The smallest absolute Gasteiger partial charge is 0.273 e. The van der Waals surface area contributed by atoms with E-state index in [1.807, 2.05) is 13.8 Å². The fraction of sp³-hybridized carbons (Fsp3) is 0.571. The summed E-state index contributed by atoms with van der Waals surface area (Å²) in [5, 5.41) is 3.54. The Morgan fingerprint density at radius 3 is 2.87 bits per heavy atom. The van der Waals surface area contributed by atoms with Crippen LogP contribution in [0.3, 0.4) is 0 Å². The summed E-state index contributed by atoms with van der Waals surface area (Å²) in [5.41, 5.74) is 0.202. The predicted octanol–water partition coefficient (Wildman–Crippen LogP) is 0.214. The number of hydrogen-bond donors (Lipinski definition) is 1. The molecule has 0 bridgehead atoms. The molecule has 0 unspecified atom stereocenters. The SMILES string of the molecule is CC(C)NC(=O)Cn1cnc2nc(N3CCOCC3)sc2c1=O. The van der Waals surface area contributed by atoms with E-state index in [-0.39, 0.29) is 24.1 Å². The summed E-state index contributed by atoms with van der Waals surface area (Å²) in [7, 11) is 0. The first-order valence-electron chi connectivity index (χ1n) is 7.52. The van der Waals surface area contributed by atoms with Crippen molar-refractivity contribution in [2.75, 3.05) is 31.2 Å². The molecule has 0 spiro atoms. The van der Waals surface area contributed by atoms with E-state index in [2.05, 4.69) is 20.2 Å². The average Bonchev–Trinajstić information content (AvgIpc) is 2.95. The molecular formula is C14H19N5O3S. The van der Waals surface area contributed by atoms with Crippen LogP contribution in [0.2, 0.25) is 0 Å². The normalized spacial score (nSPS) is 15.3. The maximum atomic E-state index is 12.5. The zero-order chi connectivity index (χ0) is 16.4. The average molecular weight is 337 g/mol. The fourth-order valence-electron chi connectivity index (χ4n) is 2.36. The summed E-state index contributed by atoms with van der Waals surface area (Å²) in [4.78, 5) is 35.1. The van der Waals surface area contributed by atoms with Crippen molar-refractivity contribution in [2.24, 2.45) is 0 Å². The van der Waals surface area contributed by atoms with Gasteiger partial charge in [0.15, 0.2) is 10.8 Å². The Morgan fingerprint density at radius 2 is 2.17 bits per heavy atom. The lowest BCUT2D eigenvalue weighted by molar-refractivity contribution is -0.122. The van der Waals surface area contributed by atoms with E-state index < -0.39 is 0 Å². The minimum Gasteiger partial charge on any atom is -0.378 e. The lowest BCUT2D eigenvalue weighted by atomic mass is 10.4. The van der Waals surface area contributed by atoms with E-state index in [0.29, 0.717) is 23.6 Å². The molecule has 2 aromatic heterocycles. The number of rotatable bonds is 4. The number of carbonyl (C=O) groups excluding carboxylic acids is 1. The van der Waals surface area contributed by atoms with Crippen LogP contribution >= 0.6 is 11.3 Å². The first-order valence-corrected chi connectivity index (χ1v) is 8.34. The highest BCUT2D eigenvalue weighted by Crippen LogP contribution is 2.25. The number of anilines is 1. The molecule has 1 aliphatic heterocycles. The number of nitrogens with zero attached hydrogens (tertiary/aromatic N) is 4. The van der Waals surface area contributed by atoms with E-state index in [1.165, 1.54) is 22.2 Å². The van der Waals surface area contributed by atoms with Gasteiger partial charge in [-0.1, -0.05) is 11.3 Å². The summed E-state index contributed by atoms with van der Waals surface area (Å²) in [6, 6.07) is 0.0335. The molecule has 0 atom stereocenters. The summed E-state index contributed by atoms with van der Waals surface area (Å²) in [5.74, 6) is -0.207. The van der Waals surface area contributed by atoms with Gasteiger partial charge < -0.3 is 15.0 Å². The second-order valence-corrected chi connectivity index (χ2v) is 6.63. The number of morpholine rings is 1. The van der Waals surface area contributed by atoms with Crippen LogP contribution in [-0.2, 0) is 16.1 Å². The van der Waals surface area contributed by atoms with Gasteiger partial charge in [0.05, 0.1) is 13.2 Å². The molecule has 0 saturated carbocycles. The number of fused-ring (bicyclic) bond motifs is 1. The maximum Gasteiger partial charge on any atom is 0.273 e. The lowest BCUT2D eigenvalue weighted by Gasteiger charge is -2.25. The van der Waals surface area contributed by atoms with Crippen LogP contribution < -0.4 is 15.8 Å². The van der Waals surface area contributed by atoms with Crippen molar-refractivity contribution in [3.05, 3.63) is 16.7 Å². The highest BCUT2D eigenvalue weighted by molar-refractivity contribution is 7.22. The molecule has 8 nitrogen and oxygen atoms in total. The monoisotopic (exact) mass is 337 g/mol. The van der Waals surface area contributed by atoms with Crippen molar-refractivity contribution in [1.29, 1.82) is 0 Å². The first kappa shape index (κ1) is 15.9. The number of hydrogen-bond acceptors (Lipinski definition) is 7. The van der Waals surface area contributed by atoms with E-state index >= 15 is 0 Å². The number of ether oxygens (including phenoxy) is 1. The third-order valence-corrected chi connectivity index (χ3v) is 4.51. The molecule has 124 valence electrons. The molecule has 1 amide bonds. The first-order chi connectivity index (χ1) is 11.0. The summed E-state index contributed by atoms with van der Waals surface area (Å²) in [6.45, 7) is 6.53. The molecule has 9 heteroatoms. The van der Waals surface area contributed by atoms with Crippen LogP contribution in [0.15, 0.2) is 11.1 Å². The Kier molecular flexibility index (Phi) is 4.58. The molecule has 1 saturated heterocycles. The standard InChI is InChI=1S/C14H19N5O3S/c1-9(2)16-10(20)7-19-8-15-12-11(13(19)21)23-14(17-12)18-3-5-22-6-4-18/h8-9H,3-7H2,1-2H3,(H,16,20). The lowest BCUT2D eigenvalue weighted by Crippen LogP contribution is -2.36. The third-order valence-electron chi connectivity index (χ3n) is 3.42. The van der Waals surface area contributed by atoms with E-state index in [9.17, 15) is 9.59 Å². The molecule has 0 aromatic carbocycles. The van der Waals surface area contributed by atoms with Crippen molar-refractivity contribution in [1.82, 2.24) is 19.9 Å². The van der Waals surface area contributed by atoms with Crippen LogP contribution in [0.4, 0.5) is 5.13 Å². The maximum absolute atomic E-state index is 12.5. The van der Waals surface area contributed by atoms with Gasteiger partial charge in [0.25, 0.3) is 5.56 Å². The van der Waals surface area contributed by atoms with Gasteiger partial charge in [-0.05, 0) is 13.8 Å². The number of carbonyl (C=O) groups is 1.